The summed E-state index contributed by atoms with van der Waals surface area (Å²) in [6, 6.07) is 8.45. The molecule has 1 atom stereocenters. The van der Waals surface area contributed by atoms with Crippen LogP contribution in [0.2, 0.25) is 0 Å². The van der Waals surface area contributed by atoms with Gasteiger partial charge in [0, 0.05) is 32.2 Å². The zero-order valence-electron chi connectivity index (χ0n) is 12.8. The van der Waals surface area contributed by atoms with Gasteiger partial charge in [0.1, 0.15) is 5.75 Å². The topological polar surface area (TPSA) is 50.8 Å². The molecule has 0 spiro atoms. The first kappa shape index (κ1) is 15.8. The molecule has 21 heavy (non-hydrogen) atoms. The second-order valence-electron chi connectivity index (χ2n) is 5.33. The van der Waals surface area contributed by atoms with Gasteiger partial charge in [-0.1, -0.05) is 12.1 Å². The number of esters is 1. The Kier molecular flexibility index (Phi) is 6.02. The van der Waals surface area contributed by atoms with Crippen LogP contribution in [-0.4, -0.2) is 49.8 Å². The number of piperazine rings is 1. The van der Waals surface area contributed by atoms with Gasteiger partial charge in [-0.15, -0.1) is 0 Å². The third kappa shape index (κ3) is 5.36. The summed E-state index contributed by atoms with van der Waals surface area (Å²) in [6.45, 7) is 8.47. The Bertz CT molecular complexity index is 447. The number of hydrogen-bond donors (Lipinski definition) is 1. The second-order valence-corrected chi connectivity index (χ2v) is 5.33. The molecule has 0 aromatic heterocycles. The molecule has 1 saturated heterocycles. The summed E-state index contributed by atoms with van der Waals surface area (Å²) in [5.41, 5.74) is 1.26. The fourth-order valence-electron chi connectivity index (χ4n) is 2.45. The first-order chi connectivity index (χ1) is 10.2. The van der Waals surface area contributed by atoms with Gasteiger partial charge >= 0.3 is 5.97 Å². The van der Waals surface area contributed by atoms with E-state index in [-0.39, 0.29) is 12.6 Å². The van der Waals surface area contributed by atoms with Gasteiger partial charge in [-0.3, -0.25) is 4.90 Å². The summed E-state index contributed by atoms with van der Waals surface area (Å²) in [6.07, 6.45) is 0. The van der Waals surface area contributed by atoms with Crippen molar-refractivity contribution < 1.29 is 14.3 Å². The number of rotatable bonds is 6. The van der Waals surface area contributed by atoms with Crippen molar-refractivity contribution in [2.24, 2.45) is 0 Å². The van der Waals surface area contributed by atoms with Gasteiger partial charge in [-0.05, 0) is 31.5 Å². The minimum absolute atomic E-state index is 0.0392. The fraction of sp³-hybridized carbons (Fsp3) is 0.562. The normalized spacial score (nSPS) is 19.2. The van der Waals surface area contributed by atoms with Gasteiger partial charge in [0.15, 0.2) is 6.61 Å². The summed E-state index contributed by atoms with van der Waals surface area (Å²) in [5, 5.41) is 3.44. The van der Waals surface area contributed by atoms with Crippen LogP contribution in [0.1, 0.15) is 19.4 Å². The predicted octanol–water partition coefficient (Wildman–Crippen LogP) is 1.42. The predicted molar refractivity (Wildman–Crippen MR) is 81.3 cm³/mol. The van der Waals surface area contributed by atoms with Crippen LogP contribution in [0.5, 0.6) is 5.75 Å². The Morgan fingerprint density at radius 1 is 1.38 bits per heavy atom. The van der Waals surface area contributed by atoms with Gasteiger partial charge in [-0.25, -0.2) is 4.79 Å². The van der Waals surface area contributed by atoms with Crippen LogP contribution in [0.3, 0.4) is 0 Å². The van der Waals surface area contributed by atoms with Gasteiger partial charge in [-0.2, -0.15) is 0 Å². The number of nitrogens with one attached hydrogen (secondary N) is 1. The fourth-order valence-corrected chi connectivity index (χ4v) is 2.45. The minimum atomic E-state index is -0.337. The largest absolute Gasteiger partial charge is 0.482 e. The smallest absolute Gasteiger partial charge is 0.344 e. The van der Waals surface area contributed by atoms with Crippen molar-refractivity contribution in [1.82, 2.24) is 10.2 Å². The molecule has 0 saturated carbocycles. The summed E-state index contributed by atoms with van der Waals surface area (Å²) in [7, 11) is 0. The summed E-state index contributed by atoms with van der Waals surface area (Å²) < 4.78 is 10.2. The van der Waals surface area contributed by atoms with Crippen molar-refractivity contribution in [1.29, 1.82) is 0 Å². The van der Waals surface area contributed by atoms with Crippen molar-refractivity contribution in [2.45, 2.75) is 26.4 Å². The molecular weight excluding hydrogens is 268 g/mol. The third-order valence-corrected chi connectivity index (χ3v) is 3.44. The van der Waals surface area contributed by atoms with E-state index in [9.17, 15) is 4.79 Å². The zero-order chi connectivity index (χ0) is 15.1. The van der Waals surface area contributed by atoms with E-state index in [0.29, 0.717) is 18.4 Å². The number of nitrogens with zero attached hydrogens (tertiary/aromatic N) is 1. The van der Waals surface area contributed by atoms with Crippen molar-refractivity contribution in [3.8, 4) is 5.75 Å². The molecule has 116 valence electrons. The number of carbonyl (C=O) groups excluding carboxylic acids is 1. The van der Waals surface area contributed by atoms with Crippen molar-refractivity contribution in [2.75, 3.05) is 32.8 Å². The van der Waals surface area contributed by atoms with E-state index >= 15 is 0 Å². The molecule has 1 heterocycles. The molecule has 0 amide bonds. The lowest BCUT2D eigenvalue weighted by atomic mass is 10.1. The number of carbonyl (C=O) groups is 1. The quantitative estimate of drug-likeness (QED) is 0.804. The average Bonchev–Trinajstić information content (AvgIpc) is 2.47. The molecule has 1 aromatic rings. The molecule has 5 heteroatoms. The van der Waals surface area contributed by atoms with E-state index in [2.05, 4.69) is 17.1 Å². The molecule has 1 unspecified atom stereocenters. The summed E-state index contributed by atoms with van der Waals surface area (Å²) in [5.74, 6) is 0.358. The van der Waals surface area contributed by atoms with Crippen LogP contribution >= 0.6 is 0 Å². The molecule has 1 fully saturated rings. The van der Waals surface area contributed by atoms with Crippen LogP contribution in [0.4, 0.5) is 0 Å². The Hall–Kier alpha value is -1.59. The Labute approximate surface area is 126 Å². The summed E-state index contributed by atoms with van der Waals surface area (Å²) in [4.78, 5) is 13.7. The lowest BCUT2D eigenvalue weighted by Gasteiger charge is -2.31. The minimum Gasteiger partial charge on any atom is -0.482 e. The monoisotopic (exact) mass is 292 g/mol. The first-order valence-electron chi connectivity index (χ1n) is 7.50. The zero-order valence-corrected chi connectivity index (χ0v) is 12.8. The SMILES string of the molecule is CCOC(=O)COc1ccc(CN2CCNC(C)C2)cc1. The standard InChI is InChI=1S/C16H24N2O3/c1-3-20-16(19)12-21-15-6-4-14(5-7-15)11-18-9-8-17-13(2)10-18/h4-7,13,17H,3,8-12H2,1-2H3. The first-order valence-corrected chi connectivity index (χ1v) is 7.50. The molecule has 0 aliphatic carbocycles. The average molecular weight is 292 g/mol. The van der Waals surface area contributed by atoms with Crippen LogP contribution < -0.4 is 10.1 Å². The van der Waals surface area contributed by atoms with E-state index in [1.54, 1.807) is 6.92 Å². The molecular formula is C16H24N2O3. The van der Waals surface area contributed by atoms with Crippen LogP contribution in [0, 0.1) is 0 Å². The van der Waals surface area contributed by atoms with E-state index in [0.717, 1.165) is 26.2 Å². The third-order valence-electron chi connectivity index (χ3n) is 3.44. The van der Waals surface area contributed by atoms with Crippen LogP contribution in [0.15, 0.2) is 24.3 Å². The van der Waals surface area contributed by atoms with Crippen LogP contribution in [-0.2, 0) is 16.1 Å². The highest BCUT2D eigenvalue weighted by atomic mass is 16.6. The van der Waals surface area contributed by atoms with E-state index in [4.69, 9.17) is 9.47 Å². The van der Waals surface area contributed by atoms with Gasteiger partial charge < -0.3 is 14.8 Å². The second kappa shape index (κ2) is 8.00. The lowest BCUT2D eigenvalue weighted by Crippen LogP contribution is -2.48. The maximum Gasteiger partial charge on any atom is 0.344 e. The highest BCUT2D eigenvalue weighted by Gasteiger charge is 2.15. The van der Waals surface area contributed by atoms with Gasteiger partial charge in [0.25, 0.3) is 0 Å². The lowest BCUT2D eigenvalue weighted by molar-refractivity contribution is -0.145. The van der Waals surface area contributed by atoms with Crippen molar-refractivity contribution >= 4 is 5.97 Å². The maximum absolute atomic E-state index is 11.2. The number of ether oxygens (including phenoxy) is 2. The molecule has 1 aromatic carbocycles. The van der Waals surface area contributed by atoms with Crippen molar-refractivity contribution in [3.05, 3.63) is 29.8 Å². The molecule has 0 radical (unpaired) electrons. The highest BCUT2D eigenvalue weighted by molar-refractivity contribution is 5.71. The molecule has 1 aliphatic rings. The number of hydrogen-bond acceptors (Lipinski definition) is 5. The van der Waals surface area contributed by atoms with E-state index in [1.807, 2.05) is 24.3 Å². The van der Waals surface area contributed by atoms with E-state index < -0.39 is 0 Å². The number of benzene rings is 1. The highest BCUT2D eigenvalue weighted by Crippen LogP contribution is 2.14. The van der Waals surface area contributed by atoms with E-state index in [1.165, 1.54) is 5.56 Å². The molecule has 1 aliphatic heterocycles. The Morgan fingerprint density at radius 2 is 2.14 bits per heavy atom. The maximum atomic E-state index is 11.2. The summed E-state index contributed by atoms with van der Waals surface area (Å²) >= 11 is 0. The molecule has 0 bridgehead atoms. The van der Waals surface area contributed by atoms with Gasteiger partial charge in [0.05, 0.1) is 6.61 Å². The Balaban J connectivity index is 1.80. The van der Waals surface area contributed by atoms with Crippen LogP contribution in [0.25, 0.3) is 0 Å². The Morgan fingerprint density at radius 3 is 2.81 bits per heavy atom. The molecule has 2 rings (SSSR count). The molecule has 5 nitrogen and oxygen atoms in total. The van der Waals surface area contributed by atoms with Crippen molar-refractivity contribution in [3.63, 3.8) is 0 Å². The van der Waals surface area contributed by atoms with Gasteiger partial charge in [0.2, 0.25) is 0 Å². The molecule has 1 N–H and O–H groups in total.